The van der Waals surface area contributed by atoms with Crippen molar-refractivity contribution in [3.63, 3.8) is 0 Å². The molecule has 94 valence electrons. The number of ether oxygens (including phenoxy) is 2. The van der Waals surface area contributed by atoms with Gasteiger partial charge in [0.15, 0.2) is 0 Å². The Hall–Kier alpha value is -0.770. The Morgan fingerprint density at radius 2 is 2.29 bits per heavy atom. The minimum Gasteiger partial charge on any atom is -0.495 e. The number of hydrogen-bond acceptors (Lipinski definition) is 3. The van der Waals surface area contributed by atoms with Crippen LogP contribution in [0.1, 0.15) is 25.3 Å². The van der Waals surface area contributed by atoms with Gasteiger partial charge in [0, 0.05) is 12.8 Å². The summed E-state index contributed by atoms with van der Waals surface area (Å²) < 4.78 is 10.6. The summed E-state index contributed by atoms with van der Waals surface area (Å²) in [5.74, 6) is 0.594. The molecular weight excluding hydrogens is 240 g/mol. The third kappa shape index (κ3) is 2.57. The van der Waals surface area contributed by atoms with Crippen LogP contribution < -0.4 is 4.74 Å². The van der Waals surface area contributed by atoms with Crippen LogP contribution in [0.3, 0.4) is 0 Å². The lowest BCUT2D eigenvalue weighted by atomic mass is 9.84. The Balaban J connectivity index is 2.32. The summed E-state index contributed by atoms with van der Waals surface area (Å²) in [4.78, 5) is 0. The molecule has 1 fully saturated rings. The average Bonchev–Trinajstić information content (AvgIpc) is 2.29. The molecule has 0 aromatic heterocycles. The minimum absolute atomic E-state index is 0.0652. The summed E-state index contributed by atoms with van der Waals surface area (Å²) in [6.45, 7) is 2.54. The highest BCUT2D eigenvalue weighted by Crippen LogP contribution is 2.37. The van der Waals surface area contributed by atoms with Gasteiger partial charge in [0.25, 0.3) is 0 Å². The van der Waals surface area contributed by atoms with Crippen molar-refractivity contribution >= 4 is 11.6 Å². The van der Waals surface area contributed by atoms with Gasteiger partial charge in [-0.15, -0.1) is 0 Å². The topological polar surface area (TPSA) is 38.7 Å². The first kappa shape index (κ1) is 12.7. The van der Waals surface area contributed by atoms with Gasteiger partial charge < -0.3 is 14.6 Å². The highest BCUT2D eigenvalue weighted by atomic mass is 35.5. The molecule has 17 heavy (non-hydrogen) atoms. The van der Waals surface area contributed by atoms with E-state index in [4.69, 9.17) is 21.1 Å². The summed E-state index contributed by atoms with van der Waals surface area (Å²) in [6.07, 6.45) is 1.26. The molecule has 2 unspecified atom stereocenters. The fourth-order valence-corrected chi connectivity index (χ4v) is 2.47. The van der Waals surface area contributed by atoms with E-state index in [1.165, 1.54) is 0 Å². The van der Waals surface area contributed by atoms with Gasteiger partial charge in [0.2, 0.25) is 0 Å². The van der Waals surface area contributed by atoms with Crippen LogP contribution in [0, 0.1) is 0 Å². The Morgan fingerprint density at radius 1 is 1.53 bits per heavy atom. The highest BCUT2D eigenvalue weighted by Gasteiger charge is 2.35. The molecule has 2 rings (SSSR count). The van der Waals surface area contributed by atoms with Crippen LogP contribution in [0.5, 0.6) is 5.75 Å². The second-order valence-electron chi connectivity index (χ2n) is 4.52. The SMILES string of the molecule is COc1cc(C2(O)CCOC(C)C2)ccc1Cl. The number of methoxy groups -OCH3 is 1. The van der Waals surface area contributed by atoms with Crippen molar-refractivity contribution in [3.05, 3.63) is 28.8 Å². The van der Waals surface area contributed by atoms with Crippen molar-refractivity contribution in [3.8, 4) is 5.75 Å². The van der Waals surface area contributed by atoms with Gasteiger partial charge in [-0.1, -0.05) is 17.7 Å². The third-order valence-corrected chi connectivity index (χ3v) is 3.54. The fraction of sp³-hybridized carbons (Fsp3) is 0.538. The predicted octanol–water partition coefficient (Wildman–Crippen LogP) is 2.74. The van der Waals surface area contributed by atoms with Crippen LogP contribution in [0.4, 0.5) is 0 Å². The zero-order valence-corrected chi connectivity index (χ0v) is 10.8. The second kappa shape index (κ2) is 4.84. The molecule has 1 aliphatic rings. The van der Waals surface area contributed by atoms with E-state index in [0.29, 0.717) is 30.2 Å². The van der Waals surface area contributed by atoms with Gasteiger partial charge in [-0.3, -0.25) is 0 Å². The molecule has 1 N–H and O–H groups in total. The van der Waals surface area contributed by atoms with Gasteiger partial charge >= 0.3 is 0 Å². The predicted molar refractivity (Wildman–Crippen MR) is 66.5 cm³/mol. The van der Waals surface area contributed by atoms with Crippen LogP contribution >= 0.6 is 11.6 Å². The second-order valence-corrected chi connectivity index (χ2v) is 4.92. The van der Waals surface area contributed by atoms with Gasteiger partial charge in [-0.2, -0.15) is 0 Å². The number of aliphatic hydroxyl groups is 1. The quantitative estimate of drug-likeness (QED) is 0.884. The molecule has 1 aromatic rings. The van der Waals surface area contributed by atoms with E-state index in [9.17, 15) is 5.11 Å². The lowest BCUT2D eigenvalue weighted by Crippen LogP contribution is -2.37. The minimum atomic E-state index is -0.838. The van der Waals surface area contributed by atoms with E-state index < -0.39 is 5.60 Å². The molecule has 0 amide bonds. The molecule has 2 atom stereocenters. The van der Waals surface area contributed by atoms with Crippen molar-refractivity contribution in [2.24, 2.45) is 0 Å². The first-order chi connectivity index (χ1) is 8.05. The molecule has 0 aliphatic carbocycles. The molecule has 1 heterocycles. The number of benzene rings is 1. The summed E-state index contributed by atoms with van der Waals surface area (Å²) >= 11 is 5.98. The van der Waals surface area contributed by atoms with E-state index in [0.717, 1.165) is 5.56 Å². The van der Waals surface area contributed by atoms with E-state index in [2.05, 4.69) is 0 Å². The lowest BCUT2D eigenvalue weighted by Gasteiger charge is -2.36. The monoisotopic (exact) mass is 256 g/mol. The summed E-state index contributed by atoms with van der Waals surface area (Å²) in [5, 5.41) is 11.2. The summed E-state index contributed by atoms with van der Waals surface area (Å²) in [6, 6.07) is 5.41. The van der Waals surface area contributed by atoms with Gasteiger partial charge in [-0.25, -0.2) is 0 Å². The van der Waals surface area contributed by atoms with Gasteiger partial charge in [0.05, 0.1) is 30.4 Å². The maximum Gasteiger partial charge on any atom is 0.137 e. The smallest absolute Gasteiger partial charge is 0.137 e. The van der Waals surface area contributed by atoms with Crippen molar-refractivity contribution in [2.45, 2.75) is 31.5 Å². The Bertz CT molecular complexity index is 408. The molecule has 0 bridgehead atoms. The molecule has 0 spiro atoms. The normalized spacial score (nSPS) is 29.1. The van der Waals surface area contributed by atoms with Crippen LogP contribution in [0.2, 0.25) is 5.02 Å². The molecule has 3 nitrogen and oxygen atoms in total. The maximum atomic E-state index is 10.6. The summed E-state index contributed by atoms with van der Waals surface area (Å²) in [7, 11) is 1.57. The molecule has 1 aliphatic heterocycles. The average molecular weight is 257 g/mol. The summed E-state index contributed by atoms with van der Waals surface area (Å²) in [5.41, 5.74) is 0.00381. The van der Waals surface area contributed by atoms with E-state index in [1.807, 2.05) is 13.0 Å². The molecule has 4 heteroatoms. The highest BCUT2D eigenvalue weighted by molar-refractivity contribution is 6.32. The van der Waals surface area contributed by atoms with Crippen LogP contribution in [0.15, 0.2) is 18.2 Å². The standard InChI is InChI=1S/C13H17ClO3/c1-9-8-13(15,5-6-17-9)10-3-4-11(14)12(7-10)16-2/h3-4,7,9,15H,5-6,8H2,1-2H3. The van der Waals surface area contributed by atoms with Crippen LogP contribution in [-0.2, 0) is 10.3 Å². The van der Waals surface area contributed by atoms with E-state index in [-0.39, 0.29) is 6.10 Å². The third-order valence-electron chi connectivity index (χ3n) is 3.23. The molecule has 0 radical (unpaired) electrons. The van der Waals surface area contributed by atoms with Crippen molar-refractivity contribution in [1.82, 2.24) is 0 Å². The van der Waals surface area contributed by atoms with Crippen LogP contribution in [0.25, 0.3) is 0 Å². The zero-order valence-electron chi connectivity index (χ0n) is 10.1. The number of rotatable bonds is 2. The lowest BCUT2D eigenvalue weighted by molar-refractivity contribution is -0.101. The maximum absolute atomic E-state index is 10.6. The Morgan fingerprint density at radius 3 is 2.94 bits per heavy atom. The van der Waals surface area contributed by atoms with E-state index in [1.54, 1.807) is 19.2 Å². The van der Waals surface area contributed by atoms with Crippen LogP contribution in [-0.4, -0.2) is 24.9 Å². The van der Waals surface area contributed by atoms with Crippen molar-refractivity contribution < 1.29 is 14.6 Å². The molecular formula is C13H17ClO3. The van der Waals surface area contributed by atoms with E-state index >= 15 is 0 Å². The fourth-order valence-electron chi connectivity index (χ4n) is 2.28. The van der Waals surface area contributed by atoms with Gasteiger partial charge in [-0.05, 0) is 24.6 Å². The molecule has 1 aromatic carbocycles. The van der Waals surface area contributed by atoms with Crippen molar-refractivity contribution in [1.29, 1.82) is 0 Å². The Labute approximate surface area is 106 Å². The first-order valence-electron chi connectivity index (χ1n) is 5.73. The largest absolute Gasteiger partial charge is 0.495 e. The van der Waals surface area contributed by atoms with Crippen molar-refractivity contribution in [2.75, 3.05) is 13.7 Å². The zero-order chi connectivity index (χ0) is 12.5. The first-order valence-corrected chi connectivity index (χ1v) is 6.11. The molecule has 1 saturated heterocycles. The van der Waals surface area contributed by atoms with Gasteiger partial charge in [0.1, 0.15) is 5.75 Å². The number of halogens is 1. The number of hydrogen-bond donors (Lipinski definition) is 1. The Kier molecular flexibility index (Phi) is 3.61. The molecule has 0 saturated carbocycles.